The number of nitrogens with zero attached hydrogens (tertiary/aromatic N) is 1. The fourth-order valence-electron chi connectivity index (χ4n) is 3.99. The standard InChI is InChI=1S/C26H33N3O6/c1-4-33-20-16-19(17-21(34-5-2)24(20)35-6-3)25(31)27-28-26(32)23(18-12-8-7-9-13-18)29-15-11-10-14-22(29)30/h7-9,12-13,16-17,23H,4-6,10-11,14-15H2,1-3H3,(H,27,31)(H,28,32). The van der Waals surface area contributed by atoms with Crippen LogP contribution in [0.5, 0.6) is 17.2 Å². The molecule has 1 unspecified atom stereocenters. The second-order valence-corrected chi connectivity index (χ2v) is 7.90. The average Bonchev–Trinajstić information content (AvgIpc) is 2.86. The maximum atomic E-state index is 13.2. The van der Waals surface area contributed by atoms with Gasteiger partial charge >= 0.3 is 0 Å². The molecule has 2 N–H and O–H groups in total. The predicted octanol–water partition coefficient (Wildman–Crippen LogP) is 3.40. The zero-order valence-corrected chi connectivity index (χ0v) is 20.5. The van der Waals surface area contributed by atoms with Crippen LogP contribution in [0.1, 0.15) is 62.0 Å². The summed E-state index contributed by atoms with van der Waals surface area (Å²) in [5, 5.41) is 0. The molecule has 9 nitrogen and oxygen atoms in total. The zero-order valence-electron chi connectivity index (χ0n) is 20.5. The molecule has 35 heavy (non-hydrogen) atoms. The summed E-state index contributed by atoms with van der Waals surface area (Å²) in [6, 6.07) is 11.3. The summed E-state index contributed by atoms with van der Waals surface area (Å²) in [6.07, 6.45) is 2.02. The smallest absolute Gasteiger partial charge is 0.269 e. The molecule has 3 rings (SSSR count). The molecule has 1 fully saturated rings. The Morgan fingerprint density at radius 2 is 1.54 bits per heavy atom. The Bertz CT molecular complexity index is 1000. The maximum Gasteiger partial charge on any atom is 0.269 e. The molecule has 0 radical (unpaired) electrons. The van der Waals surface area contributed by atoms with Gasteiger partial charge in [-0.2, -0.15) is 0 Å². The first-order valence-electron chi connectivity index (χ1n) is 12.0. The maximum absolute atomic E-state index is 13.2. The molecule has 1 atom stereocenters. The first kappa shape index (κ1) is 25.9. The largest absolute Gasteiger partial charge is 0.490 e. The normalized spacial score (nSPS) is 14.1. The van der Waals surface area contributed by atoms with E-state index in [4.69, 9.17) is 14.2 Å². The lowest BCUT2D eigenvalue weighted by atomic mass is 10.0. The zero-order chi connectivity index (χ0) is 25.2. The van der Waals surface area contributed by atoms with Crippen LogP contribution in [-0.4, -0.2) is 49.0 Å². The number of likely N-dealkylation sites (tertiary alicyclic amines) is 1. The van der Waals surface area contributed by atoms with Crippen LogP contribution in [0.25, 0.3) is 0 Å². The second kappa shape index (κ2) is 12.6. The van der Waals surface area contributed by atoms with Crippen LogP contribution in [0.4, 0.5) is 0 Å². The monoisotopic (exact) mass is 483 g/mol. The van der Waals surface area contributed by atoms with E-state index >= 15 is 0 Å². The average molecular weight is 484 g/mol. The predicted molar refractivity (Wildman–Crippen MR) is 130 cm³/mol. The highest BCUT2D eigenvalue weighted by Crippen LogP contribution is 2.39. The van der Waals surface area contributed by atoms with Gasteiger partial charge in [0, 0.05) is 18.5 Å². The Labute approximate surface area is 205 Å². The molecule has 1 saturated heterocycles. The molecule has 1 aliphatic heterocycles. The molecule has 9 heteroatoms. The van der Waals surface area contributed by atoms with Gasteiger partial charge in [-0.1, -0.05) is 30.3 Å². The van der Waals surface area contributed by atoms with Crippen LogP contribution in [0.2, 0.25) is 0 Å². The summed E-state index contributed by atoms with van der Waals surface area (Å²) < 4.78 is 17.0. The van der Waals surface area contributed by atoms with Crippen LogP contribution < -0.4 is 25.1 Å². The molecular formula is C26H33N3O6. The van der Waals surface area contributed by atoms with Gasteiger partial charge in [-0.15, -0.1) is 0 Å². The van der Waals surface area contributed by atoms with E-state index in [9.17, 15) is 14.4 Å². The Morgan fingerprint density at radius 1 is 0.914 bits per heavy atom. The minimum atomic E-state index is -0.845. The first-order valence-corrected chi connectivity index (χ1v) is 12.0. The van der Waals surface area contributed by atoms with E-state index in [0.29, 0.717) is 55.6 Å². The molecule has 0 aliphatic carbocycles. The van der Waals surface area contributed by atoms with Crippen molar-refractivity contribution in [2.24, 2.45) is 0 Å². The number of nitrogens with one attached hydrogen (secondary N) is 2. The van der Waals surface area contributed by atoms with Crippen molar-refractivity contribution in [1.82, 2.24) is 15.8 Å². The van der Waals surface area contributed by atoms with Crippen molar-refractivity contribution in [1.29, 1.82) is 0 Å². The third-order valence-corrected chi connectivity index (χ3v) is 5.51. The molecule has 0 aromatic heterocycles. The highest BCUT2D eigenvalue weighted by atomic mass is 16.5. The Kier molecular flexibility index (Phi) is 9.34. The summed E-state index contributed by atoms with van der Waals surface area (Å²) in [6.45, 7) is 7.12. The van der Waals surface area contributed by atoms with Crippen LogP contribution in [0.3, 0.4) is 0 Å². The van der Waals surface area contributed by atoms with E-state index in [-0.39, 0.29) is 11.5 Å². The van der Waals surface area contributed by atoms with E-state index in [1.807, 2.05) is 39.0 Å². The van der Waals surface area contributed by atoms with Crippen molar-refractivity contribution < 1.29 is 28.6 Å². The number of carbonyl (C=O) groups excluding carboxylic acids is 3. The van der Waals surface area contributed by atoms with Crippen LogP contribution >= 0.6 is 0 Å². The third-order valence-electron chi connectivity index (χ3n) is 5.51. The topological polar surface area (TPSA) is 106 Å². The number of rotatable bonds is 10. The number of piperidine rings is 1. The molecule has 0 saturated carbocycles. The van der Waals surface area contributed by atoms with Gasteiger partial charge in [0.25, 0.3) is 11.8 Å². The summed E-state index contributed by atoms with van der Waals surface area (Å²) in [5.41, 5.74) is 5.86. The van der Waals surface area contributed by atoms with Crippen molar-refractivity contribution in [2.45, 2.75) is 46.1 Å². The van der Waals surface area contributed by atoms with E-state index in [0.717, 1.165) is 12.8 Å². The third kappa shape index (κ3) is 6.44. The quantitative estimate of drug-likeness (QED) is 0.502. The number of carbonyl (C=O) groups is 3. The lowest BCUT2D eigenvalue weighted by Crippen LogP contribution is -2.50. The van der Waals surface area contributed by atoms with Gasteiger partial charge in [-0.3, -0.25) is 25.2 Å². The molecule has 2 aromatic carbocycles. The molecule has 188 valence electrons. The minimum absolute atomic E-state index is 0.0826. The van der Waals surface area contributed by atoms with Gasteiger partial charge in [0.05, 0.1) is 19.8 Å². The van der Waals surface area contributed by atoms with Gasteiger partial charge in [-0.25, -0.2) is 0 Å². The van der Waals surface area contributed by atoms with Gasteiger partial charge in [0.2, 0.25) is 11.7 Å². The van der Waals surface area contributed by atoms with Crippen molar-refractivity contribution in [3.05, 3.63) is 53.6 Å². The number of amides is 3. The number of hydrazine groups is 1. The van der Waals surface area contributed by atoms with E-state index in [1.54, 1.807) is 29.2 Å². The Balaban J connectivity index is 1.81. The summed E-state index contributed by atoms with van der Waals surface area (Å²) in [7, 11) is 0. The summed E-state index contributed by atoms with van der Waals surface area (Å²) in [4.78, 5) is 40.3. The van der Waals surface area contributed by atoms with Crippen molar-refractivity contribution >= 4 is 17.7 Å². The first-order chi connectivity index (χ1) is 17.0. The lowest BCUT2D eigenvalue weighted by molar-refractivity contribution is -0.143. The van der Waals surface area contributed by atoms with Crippen LogP contribution in [0, 0.1) is 0 Å². The number of hydrogen-bond donors (Lipinski definition) is 2. The SMILES string of the molecule is CCOc1cc(C(=O)NNC(=O)C(c2ccccc2)N2CCCCC2=O)cc(OCC)c1OCC. The minimum Gasteiger partial charge on any atom is -0.490 e. The fourth-order valence-corrected chi connectivity index (χ4v) is 3.99. The molecule has 2 aromatic rings. The Hall–Kier alpha value is -3.75. The molecule has 1 heterocycles. The van der Waals surface area contributed by atoms with E-state index < -0.39 is 17.9 Å². The van der Waals surface area contributed by atoms with Crippen molar-refractivity contribution in [2.75, 3.05) is 26.4 Å². The van der Waals surface area contributed by atoms with E-state index in [1.165, 1.54) is 0 Å². The number of hydrogen-bond acceptors (Lipinski definition) is 6. The molecule has 1 aliphatic rings. The van der Waals surface area contributed by atoms with Crippen molar-refractivity contribution in [3.63, 3.8) is 0 Å². The van der Waals surface area contributed by atoms with Crippen LogP contribution in [0.15, 0.2) is 42.5 Å². The molecule has 0 spiro atoms. The fraction of sp³-hybridized carbons (Fsp3) is 0.423. The Morgan fingerprint density at radius 3 is 2.11 bits per heavy atom. The highest BCUT2D eigenvalue weighted by molar-refractivity contribution is 5.97. The lowest BCUT2D eigenvalue weighted by Gasteiger charge is -2.34. The molecule has 0 bridgehead atoms. The molecular weight excluding hydrogens is 450 g/mol. The molecule has 3 amide bonds. The summed E-state index contributed by atoms with van der Waals surface area (Å²) in [5.74, 6) is 0.0296. The van der Waals surface area contributed by atoms with Crippen molar-refractivity contribution in [3.8, 4) is 17.2 Å². The van der Waals surface area contributed by atoms with Gasteiger partial charge in [0.1, 0.15) is 6.04 Å². The van der Waals surface area contributed by atoms with Gasteiger partial charge in [0.15, 0.2) is 11.5 Å². The van der Waals surface area contributed by atoms with E-state index in [2.05, 4.69) is 10.9 Å². The highest BCUT2D eigenvalue weighted by Gasteiger charge is 2.33. The number of benzene rings is 2. The van der Waals surface area contributed by atoms with Crippen LogP contribution in [-0.2, 0) is 9.59 Å². The van der Waals surface area contributed by atoms with Gasteiger partial charge < -0.3 is 19.1 Å². The number of ether oxygens (including phenoxy) is 3. The van der Waals surface area contributed by atoms with Gasteiger partial charge in [-0.05, 0) is 51.3 Å². The summed E-state index contributed by atoms with van der Waals surface area (Å²) >= 11 is 0. The second-order valence-electron chi connectivity index (χ2n) is 7.90.